The Morgan fingerprint density at radius 2 is 2.18 bits per heavy atom. The number of carboxylic acid groups (broad SMARTS) is 1. The van der Waals surface area contributed by atoms with E-state index < -0.39 is 41.3 Å². The van der Waals surface area contributed by atoms with Crippen molar-refractivity contribution in [3.8, 4) is 0 Å². The third kappa shape index (κ3) is 5.26. The number of nitrogens with two attached hydrogens (primary N) is 2. The van der Waals surface area contributed by atoms with Crippen molar-refractivity contribution in [3.05, 3.63) is 22.3 Å². The monoisotopic (exact) mass is 498 g/mol. The summed E-state index contributed by atoms with van der Waals surface area (Å²) < 4.78 is 4.90. The van der Waals surface area contributed by atoms with Gasteiger partial charge in [-0.15, -0.1) is 23.1 Å². The lowest BCUT2D eigenvalue weighted by atomic mass is 10.0. The summed E-state index contributed by atoms with van der Waals surface area (Å²) in [5, 5.41) is 17.1. The zero-order valence-corrected chi connectivity index (χ0v) is 19.3. The molecule has 0 aliphatic carbocycles. The number of thiazole rings is 1. The number of aromatic nitrogens is 1. The van der Waals surface area contributed by atoms with Gasteiger partial charge in [0.15, 0.2) is 10.8 Å². The van der Waals surface area contributed by atoms with E-state index in [9.17, 15) is 24.3 Å². The second-order valence-corrected chi connectivity index (χ2v) is 9.06. The number of β-lactam (4-membered cyclic amide) rings is 1. The minimum absolute atomic E-state index is 0.159. The summed E-state index contributed by atoms with van der Waals surface area (Å²) in [5.41, 5.74) is 11.2. The van der Waals surface area contributed by atoms with E-state index in [1.807, 2.05) is 0 Å². The maximum atomic E-state index is 12.9. The van der Waals surface area contributed by atoms with Crippen LogP contribution in [0.3, 0.4) is 0 Å². The fraction of sp³-hybridized carbons (Fsp3) is 0.444. The highest BCUT2D eigenvalue weighted by Gasteiger charge is 2.54. The summed E-state index contributed by atoms with van der Waals surface area (Å²) in [6.07, 6.45) is -0.475. The first-order valence-corrected chi connectivity index (χ1v) is 11.6. The average Bonchev–Trinajstić information content (AvgIpc) is 3.20. The van der Waals surface area contributed by atoms with Crippen LogP contribution in [0.15, 0.2) is 21.8 Å². The Kier molecular flexibility index (Phi) is 7.55. The summed E-state index contributed by atoms with van der Waals surface area (Å²) in [5.74, 6) is -3.05. The number of nitrogens with zero attached hydrogens (tertiary/aromatic N) is 3. The molecule has 15 heteroatoms. The molecule has 178 valence electrons. The molecule has 3 rings (SSSR count). The number of ether oxygens (including phenoxy) is 1. The minimum Gasteiger partial charge on any atom is -0.477 e. The largest absolute Gasteiger partial charge is 0.477 e. The Morgan fingerprint density at radius 1 is 1.45 bits per heavy atom. The van der Waals surface area contributed by atoms with Gasteiger partial charge in [-0.2, -0.15) is 0 Å². The highest BCUT2D eigenvalue weighted by Crippen LogP contribution is 2.40. The van der Waals surface area contributed by atoms with Crippen molar-refractivity contribution in [2.45, 2.75) is 31.4 Å². The predicted octanol–water partition coefficient (Wildman–Crippen LogP) is -0.905. The van der Waals surface area contributed by atoms with Gasteiger partial charge >= 0.3 is 11.9 Å². The van der Waals surface area contributed by atoms with Gasteiger partial charge < -0.3 is 31.5 Å². The van der Waals surface area contributed by atoms with Crippen LogP contribution in [-0.2, 0) is 28.8 Å². The van der Waals surface area contributed by atoms with E-state index in [1.54, 1.807) is 6.92 Å². The lowest BCUT2D eigenvalue weighted by Gasteiger charge is -2.49. The molecule has 2 aliphatic rings. The highest BCUT2D eigenvalue weighted by molar-refractivity contribution is 8.00. The van der Waals surface area contributed by atoms with Crippen LogP contribution in [0.25, 0.3) is 0 Å². The molecular formula is C18H22N6O7S2. The summed E-state index contributed by atoms with van der Waals surface area (Å²) in [6, 6.07) is -1.000. The maximum Gasteiger partial charge on any atom is 0.352 e. The molecule has 3 atom stereocenters. The van der Waals surface area contributed by atoms with Crippen molar-refractivity contribution in [3.63, 3.8) is 0 Å². The topological polar surface area (TPSA) is 200 Å². The van der Waals surface area contributed by atoms with Gasteiger partial charge in [0.2, 0.25) is 0 Å². The Hall–Kier alpha value is -3.17. The number of hydrogen-bond acceptors (Lipinski definition) is 12. The van der Waals surface area contributed by atoms with Crippen LogP contribution >= 0.6 is 23.1 Å². The number of rotatable bonds is 9. The summed E-state index contributed by atoms with van der Waals surface area (Å²) in [4.78, 5) is 58.9. The number of aliphatic carboxylic acids is 1. The number of oxime groups is 1. The van der Waals surface area contributed by atoms with Gasteiger partial charge in [0.05, 0.1) is 0 Å². The molecule has 6 N–H and O–H groups in total. The Labute approximate surface area is 196 Å². The number of amides is 2. The number of esters is 1. The second kappa shape index (κ2) is 10.2. The van der Waals surface area contributed by atoms with E-state index in [2.05, 4.69) is 15.5 Å². The first-order chi connectivity index (χ1) is 15.6. The quantitative estimate of drug-likeness (QED) is 0.142. The zero-order chi connectivity index (χ0) is 24.3. The normalized spacial score (nSPS) is 21.1. The van der Waals surface area contributed by atoms with Gasteiger partial charge in [-0.25, -0.2) is 9.78 Å². The van der Waals surface area contributed by atoms with Gasteiger partial charge in [-0.1, -0.05) is 5.16 Å². The Morgan fingerprint density at radius 3 is 2.76 bits per heavy atom. The molecule has 1 aromatic rings. The number of nitrogen functional groups attached to an aromatic ring is 1. The molecule has 13 nitrogen and oxygen atoms in total. The van der Waals surface area contributed by atoms with E-state index in [4.69, 9.17) is 21.0 Å². The van der Waals surface area contributed by atoms with Crippen LogP contribution in [0.4, 0.5) is 5.13 Å². The summed E-state index contributed by atoms with van der Waals surface area (Å²) in [6.45, 7) is 2.78. The van der Waals surface area contributed by atoms with Crippen LogP contribution in [0, 0.1) is 0 Å². The van der Waals surface area contributed by atoms with Crippen molar-refractivity contribution in [1.29, 1.82) is 0 Å². The van der Waals surface area contributed by atoms with Crippen molar-refractivity contribution < 1.29 is 33.9 Å². The molecule has 0 unspecified atom stereocenters. The van der Waals surface area contributed by atoms with E-state index in [1.165, 1.54) is 24.1 Å². The molecule has 1 fully saturated rings. The molecule has 0 saturated carbocycles. The Balaban J connectivity index is 1.78. The number of anilines is 1. The van der Waals surface area contributed by atoms with E-state index in [-0.39, 0.29) is 41.1 Å². The molecule has 33 heavy (non-hydrogen) atoms. The third-order valence-electron chi connectivity index (χ3n) is 4.62. The van der Waals surface area contributed by atoms with Crippen molar-refractivity contribution in [2.75, 3.05) is 24.6 Å². The molecule has 1 saturated heterocycles. The van der Waals surface area contributed by atoms with Crippen molar-refractivity contribution >= 4 is 57.7 Å². The Bertz CT molecular complexity index is 1040. The molecule has 0 bridgehead atoms. The van der Waals surface area contributed by atoms with Gasteiger partial charge in [0.25, 0.3) is 11.8 Å². The maximum absolute atomic E-state index is 12.9. The van der Waals surface area contributed by atoms with E-state index >= 15 is 0 Å². The van der Waals surface area contributed by atoms with Crippen LogP contribution in [0.2, 0.25) is 0 Å². The summed E-state index contributed by atoms with van der Waals surface area (Å²) >= 11 is 2.33. The fourth-order valence-electron chi connectivity index (χ4n) is 2.98. The fourth-order valence-corrected chi connectivity index (χ4v) is 4.85. The minimum atomic E-state index is -1.33. The third-order valence-corrected chi connectivity index (χ3v) is 6.64. The number of hydrogen-bond donors (Lipinski definition) is 4. The van der Waals surface area contributed by atoms with Gasteiger partial charge in [-0.05, 0) is 6.92 Å². The van der Waals surface area contributed by atoms with Crippen molar-refractivity contribution in [2.24, 2.45) is 10.9 Å². The number of carboxylic acids is 1. The zero-order valence-electron chi connectivity index (χ0n) is 17.6. The van der Waals surface area contributed by atoms with E-state index in [0.717, 1.165) is 16.2 Å². The number of carbonyl (C=O) groups excluding carboxylic acids is 3. The van der Waals surface area contributed by atoms with Crippen LogP contribution in [0.1, 0.15) is 19.5 Å². The average molecular weight is 499 g/mol. The number of fused-ring (bicyclic) bond motifs is 1. The van der Waals surface area contributed by atoms with Gasteiger partial charge in [0, 0.05) is 30.2 Å². The molecular weight excluding hydrogens is 476 g/mol. The van der Waals surface area contributed by atoms with E-state index in [0.29, 0.717) is 5.57 Å². The molecule has 2 aliphatic heterocycles. The number of thioether (sulfide) groups is 1. The molecule has 0 aromatic carbocycles. The van der Waals surface area contributed by atoms with Gasteiger partial charge in [-0.3, -0.25) is 19.3 Å². The molecule has 3 heterocycles. The standard InChI is InChI=1S/C18H22N6O7S2/c1-7(3-19)31-23-11(10-6-33-18(20)21-10)14(26)22-12-15(27)24-13(17(28)29)9(4-30-8(2)25)5-32-16(12)24/h6-7,12,16H,3-5,19H2,1-2H3,(H2,20,21)(H,22,26)(H,28,29)/t7-,12+,16+/m0/s1. The van der Waals surface area contributed by atoms with Crippen LogP contribution in [0.5, 0.6) is 0 Å². The first-order valence-electron chi connectivity index (χ1n) is 9.63. The molecule has 2 amide bonds. The molecule has 0 radical (unpaired) electrons. The molecule has 1 aromatic heterocycles. The highest BCUT2D eigenvalue weighted by atomic mass is 32.2. The first kappa shape index (κ1) is 24.5. The SMILES string of the molecule is CC(=O)OCC1=C(C(=O)O)N2C(=O)[C@@H](NC(=O)C(=NO[C@@H](C)CN)c3csc(N)n3)[C@H]2SC1. The second-order valence-electron chi connectivity index (χ2n) is 7.06. The number of carbonyl (C=O) groups is 4. The van der Waals surface area contributed by atoms with Crippen molar-refractivity contribution in [1.82, 2.24) is 15.2 Å². The lowest BCUT2D eigenvalue weighted by molar-refractivity contribution is -0.150. The lowest BCUT2D eigenvalue weighted by Crippen LogP contribution is -2.71. The number of nitrogens with one attached hydrogen (secondary N) is 1. The summed E-state index contributed by atoms with van der Waals surface area (Å²) in [7, 11) is 0. The van der Waals surface area contributed by atoms with Crippen LogP contribution < -0.4 is 16.8 Å². The van der Waals surface area contributed by atoms with Gasteiger partial charge in [0.1, 0.15) is 35.5 Å². The molecule has 0 spiro atoms. The smallest absolute Gasteiger partial charge is 0.352 e. The predicted molar refractivity (Wildman–Crippen MR) is 119 cm³/mol. The van der Waals surface area contributed by atoms with Crippen LogP contribution in [-0.4, -0.2) is 80.9 Å².